The van der Waals surface area contributed by atoms with Gasteiger partial charge in [0.05, 0.1) is 10.6 Å². The molecule has 0 bridgehead atoms. The van der Waals surface area contributed by atoms with E-state index in [0.717, 1.165) is 5.56 Å². The lowest BCUT2D eigenvalue weighted by Gasteiger charge is -2.12. The van der Waals surface area contributed by atoms with Crippen LogP contribution in [0, 0.1) is 6.92 Å². The summed E-state index contributed by atoms with van der Waals surface area (Å²) in [5, 5.41) is 5.77. The minimum Gasteiger partial charge on any atom is -0.454 e. The molecule has 0 saturated heterocycles. The molecule has 1 aliphatic rings. The number of amides is 2. The van der Waals surface area contributed by atoms with Crippen molar-refractivity contribution in [1.82, 2.24) is 5.32 Å². The Morgan fingerprint density at radius 1 is 0.968 bits per heavy atom. The first-order chi connectivity index (χ1) is 15.0. The Morgan fingerprint density at radius 2 is 1.71 bits per heavy atom. The third-order valence-corrected chi connectivity index (χ3v) is 4.96. The fourth-order valence-electron chi connectivity index (χ4n) is 3.00. The second kappa shape index (κ2) is 8.93. The zero-order valence-corrected chi connectivity index (χ0v) is 17.4. The molecule has 3 aromatic rings. The lowest BCUT2D eigenvalue weighted by molar-refractivity contribution is -0.113. The van der Waals surface area contributed by atoms with Crippen LogP contribution in [0.15, 0.2) is 72.4 Å². The third kappa shape index (κ3) is 4.87. The van der Waals surface area contributed by atoms with E-state index < -0.39 is 11.8 Å². The van der Waals surface area contributed by atoms with Crippen LogP contribution >= 0.6 is 11.6 Å². The molecule has 2 N–H and O–H groups in total. The van der Waals surface area contributed by atoms with E-state index in [-0.39, 0.29) is 18.1 Å². The van der Waals surface area contributed by atoms with Crippen LogP contribution in [0.5, 0.6) is 11.5 Å². The van der Waals surface area contributed by atoms with E-state index in [1.807, 2.05) is 19.1 Å². The van der Waals surface area contributed by atoms with Crippen molar-refractivity contribution < 1.29 is 19.1 Å². The molecule has 0 aromatic heterocycles. The molecule has 2 amide bonds. The van der Waals surface area contributed by atoms with Crippen molar-refractivity contribution in [3.05, 3.63) is 94.1 Å². The maximum Gasteiger partial charge on any atom is 0.272 e. The van der Waals surface area contributed by atoms with Gasteiger partial charge in [-0.3, -0.25) is 9.59 Å². The molecule has 1 heterocycles. The average molecular weight is 435 g/mol. The van der Waals surface area contributed by atoms with Gasteiger partial charge in [-0.25, -0.2) is 0 Å². The standard InChI is InChI=1S/C24H19ClN2O4/c1-15-6-9-17(10-7-15)26-24(29)20(27-23(28)18-4-2-3-5-19(18)25)12-16-8-11-21-22(13-16)31-14-30-21/h2-13H,14H2,1H3,(H,26,29)(H,27,28)/b20-12+. The van der Waals surface area contributed by atoms with Gasteiger partial charge in [0.25, 0.3) is 11.8 Å². The van der Waals surface area contributed by atoms with E-state index in [0.29, 0.717) is 27.8 Å². The quantitative estimate of drug-likeness (QED) is 0.566. The van der Waals surface area contributed by atoms with Gasteiger partial charge in [0.15, 0.2) is 11.5 Å². The van der Waals surface area contributed by atoms with E-state index >= 15 is 0 Å². The molecule has 156 valence electrons. The largest absolute Gasteiger partial charge is 0.454 e. The zero-order valence-electron chi connectivity index (χ0n) is 16.6. The van der Waals surface area contributed by atoms with Crippen LogP contribution in [0.2, 0.25) is 5.02 Å². The van der Waals surface area contributed by atoms with Gasteiger partial charge in [0.2, 0.25) is 6.79 Å². The number of ether oxygens (including phenoxy) is 2. The van der Waals surface area contributed by atoms with E-state index in [1.54, 1.807) is 60.7 Å². The molecular weight excluding hydrogens is 416 g/mol. The Balaban J connectivity index is 1.64. The maximum absolute atomic E-state index is 13.0. The van der Waals surface area contributed by atoms with Crippen LogP contribution in [0.25, 0.3) is 6.08 Å². The van der Waals surface area contributed by atoms with Gasteiger partial charge in [-0.05, 0) is 55.0 Å². The number of fused-ring (bicyclic) bond motifs is 1. The fraction of sp³-hybridized carbons (Fsp3) is 0.0833. The van der Waals surface area contributed by atoms with Crippen LogP contribution in [-0.2, 0) is 4.79 Å². The minimum absolute atomic E-state index is 0.0596. The van der Waals surface area contributed by atoms with Gasteiger partial charge < -0.3 is 20.1 Å². The molecule has 6 nitrogen and oxygen atoms in total. The van der Waals surface area contributed by atoms with Crippen LogP contribution in [0.4, 0.5) is 5.69 Å². The normalized spacial score (nSPS) is 12.4. The van der Waals surface area contributed by atoms with Crippen molar-refractivity contribution in [2.75, 3.05) is 12.1 Å². The molecule has 0 radical (unpaired) electrons. The van der Waals surface area contributed by atoms with Crippen LogP contribution in [0.3, 0.4) is 0 Å². The number of anilines is 1. The average Bonchev–Trinajstić information content (AvgIpc) is 3.23. The Morgan fingerprint density at radius 3 is 2.48 bits per heavy atom. The summed E-state index contributed by atoms with van der Waals surface area (Å²) in [6.07, 6.45) is 1.57. The van der Waals surface area contributed by atoms with E-state index in [9.17, 15) is 9.59 Å². The van der Waals surface area contributed by atoms with Crippen molar-refractivity contribution >= 4 is 35.2 Å². The fourth-order valence-corrected chi connectivity index (χ4v) is 3.22. The Hall–Kier alpha value is -3.77. The van der Waals surface area contributed by atoms with Crippen molar-refractivity contribution in [2.45, 2.75) is 6.92 Å². The topological polar surface area (TPSA) is 76.7 Å². The second-order valence-corrected chi connectivity index (χ2v) is 7.33. The molecule has 0 unspecified atom stereocenters. The van der Waals surface area contributed by atoms with Crippen LogP contribution < -0.4 is 20.1 Å². The van der Waals surface area contributed by atoms with Gasteiger partial charge in [-0.1, -0.05) is 47.5 Å². The van der Waals surface area contributed by atoms with Gasteiger partial charge in [-0.15, -0.1) is 0 Å². The number of rotatable bonds is 5. The molecule has 0 aliphatic carbocycles. The molecular formula is C24H19ClN2O4. The summed E-state index contributed by atoms with van der Waals surface area (Å²) >= 11 is 6.14. The summed E-state index contributed by atoms with van der Waals surface area (Å²) in [7, 11) is 0. The summed E-state index contributed by atoms with van der Waals surface area (Å²) in [6.45, 7) is 2.10. The number of carbonyl (C=O) groups is 2. The summed E-state index contributed by atoms with van der Waals surface area (Å²) in [5.41, 5.74) is 2.67. The van der Waals surface area contributed by atoms with Gasteiger partial charge in [-0.2, -0.15) is 0 Å². The lowest BCUT2D eigenvalue weighted by atomic mass is 10.1. The summed E-state index contributed by atoms with van der Waals surface area (Å²) in [6, 6.07) is 19.3. The molecule has 0 atom stereocenters. The van der Waals surface area contributed by atoms with E-state index in [2.05, 4.69) is 10.6 Å². The summed E-state index contributed by atoms with van der Waals surface area (Å²) in [4.78, 5) is 25.8. The number of aryl methyl sites for hydroxylation is 1. The van der Waals surface area contributed by atoms with Gasteiger partial charge in [0, 0.05) is 5.69 Å². The monoisotopic (exact) mass is 434 g/mol. The summed E-state index contributed by atoms with van der Waals surface area (Å²) in [5.74, 6) is 0.242. The number of hydrogen-bond acceptors (Lipinski definition) is 4. The first kappa shape index (κ1) is 20.5. The van der Waals surface area contributed by atoms with Crippen molar-refractivity contribution in [3.63, 3.8) is 0 Å². The van der Waals surface area contributed by atoms with Crippen molar-refractivity contribution in [3.8, 4) is 11.5 Å². The summed E-state index contributed by atoms with van der Waals surface area (Å²) < 4.78 is 10.7. The van der Waals surface area contributed by atoms with Crippen molar-refractivity contribution in [1.29, 1.82) is 0 Å². The van der Waals surface area contributed by atoms with Crippen molar-refractivity contribution in [2.24, 2.45) is 0 Å². The highest BCUT2D eigenvalue weighted by molar-refractivity contribution is 6.34. The maximum atomic E-state index is 13.0. The van der Waals surface area contributed by atoms with Crippen LogP contribution in [0.1, 0.15) is 21.5 Å². The number of hydrogen-bond donors (Lipinski definition) is 2. The Kier molecular flexibility index (Phi) is 5.91. The molecule has 3 aromatic carbocycles. The first-order valence-electron chi connectivity index (χ1n) is 9.55. The SMILES string of the molecule is Cc1ccc(NC(=O)/C(=C\c2ccc3c(c2)OCO3)NC(=O)c2ccccc2Cl)cc1. The van der Waals surface area contributed by atoms with E-state index in [4.69, 9.17) is 21.1 Å². The number of carbonyl (C=O) groups excluding carboxylic acids is 2. The third-order valence-electron chi connectivity index (χ3n) is 4.63. The zero-order chi connectivity index (χ0) is 21.8. The smallest absolute Gasteiger partial charge is 0.272 e. The number of nitrogens with one attached hydrogen (secondary N) is 2. The number of benzene rings is 3. The highest BCUT2D eigenvalue weighted by Gasteiger charge is 2.18. The molecule has 31 heavy (non-hydrogen) atoms. The lowest BCUT2D eigenvalue weighted by Crippen LogP contribution is -2.30. The minimum atomic E-state index is -0.489. The predicted octanol–water partition coefficient (Wildman–Crippen LogP) is 4.79. The van der Waals surface area contributed by atoms with Crippen LogP contribution in [-0.4, -0.2) is 18.6 Å². The Bertz CT molecular complexity index is 1170. The Labute approximate surface area is 184 Å². The highest BCUT2D eigenvalue weighted by atomic mass is 35.5. The second-order valence-electron chi connectivity index (χ2n) is 6.92. The predicted molar refractivity (Wildman–Crippen MR) is 119 cm³/mol. The molecule has 0 saturated carbocycles. The molecule has 0 fully saturated rings. The van der Waals surface area contributed by atoms with Gasteiger partial charge >= 0.3 is 0 Å². The first-order valence-corrected chi connectivity index (χ1v) is 9.92. The molecule has 0 spiro atoms. The molecule has 4 rings (SSSR count). The highest BCUT2D eigenvalue weighted by Crippen LogP contribution is 2.33. The van der Waals surface area contributed by atoms with E-state index in [1.165, 1.54) is 0 Å². The molecule has 1 aliphatic heterocycles. The molecule has 7 heteroatoms. The number of halogens is 1. The van der Waals surface area contributed by atoms with Gasteiger partial charge in [0.1, 0.15) is 5.70 Å².